The van der Waals surface area contributed by atoms with Gasteiger partial charge in [0.25, 0.3) is 0 Å². The van der Waals surface area contributed by atoms with Crippen LogP contribution in [0.4, 0.5) is 0 Å². The number of carbonyl (C=O) groups excluding carboxylic acids is 1. The maximum atomic E-state index is 12.2. The van der Waals surface area contributed by atoms with Crippen molar-refractivity contribution >= 4 is 16.9 Å². The van der Waals surface area contributed by atoms with E-state index in [0.717, 1.165) is 41.3 Å². The molecule has 140 valence electrons. The minimum absolute atomic E-state index is 0.142. The first-order chi connectivity index (χ1) is 13.2. The molecule has 5 nitrogen and oxygen atoms in total. The van der Waals surface area contributed by atoms with Crippen LogP contribution < -0.4 is 4.74 Å². The molecule has 0 N–H and O–H groups in total. The quantitative estimate of drug-likeness (QED) is 0.670. The molecule has 0 radical (unpaired) electrons. The van der Waals surface area contributed by atoms with Crippen LogP contribution in [0.15, 0.2) is 48.5 Å². The van der Waals surface area contributed by atoms with Crippen LogP contribution in [0.5, 0.6) is 5.75 Å². The molecule has 2 heterocycles. The Balaban J connectivity index is 1.59. The van der Waals surface area contributed by atoms with Crippen LogP contribution in [0.2, 0.25) is 0 Å². The third kappa shape index (κ3) is 3.42. The van der Waals surface area contributed by atoms with Gasteiger partial charge in [-0.15, -0.1) is 0 Å². The number of para-hydroxylation sites is 3. The lowest BCUT2D eigenvalue weighted by Gasteiger charge is -2.16. The van der Waals surface area contributed by atoms with Crippen molar-refractivity contribution in [2.45, 2.75) is 32.7 Å². The number of fused-ring (bicyclic) bond motifs is 1. The van der Waals surface area contributed by atoms with E-state index >= 15 is 0 Å². The zero-order valence-electron chi connectivity index (χ0n) is 15.9. The Hall–Kier alpha value is -2.82. The van der Waals surface area contributed by atoms with E-state index in [0.29, 0.717) is 19.6 Å². The van der Waals surface area contributed by atoms with Gasteiger partial charge in [-0.25, -0.2) is 4.98 Å². The van der Waals surface area contributed by atoms with Crippen molar-refractivity contribution < 1.29 is 9.53 Å². The number of benzene rings is 2. The summed E-state index contributed by atoms with van der Waals surface area (Å²) in [5.41, 5.74) is 3.21. The number of hydrogen-bond donors (Lipinski definition) is 0. The van der Waals surface area contributed by atoms with Gasteiger partial charge < -0.3 is 14.2 Å². The molecular formula is C22H25N3O2. The molecule has 3 aromatic rings. The Morgan fingerprint density at radius 2 is 1.93 bits per heavy atom. The summed E-state index contributed by atoms with van der Waals surface area (Å²) in [6.45, 7) is 6.86. The SMILES string of the molecule is CCN1CC(c2nc3ccccc3n2CCOc2ccccc2C)CC1=O. The number of aryl methyl sites for hydroxylation is 1. The van der Waals surface area contributed by atoms with Gasteiger partial charge in [0.15, 0.2) is 0 Å². The number of ether oxygens (including phenoxy) is 1. The molecule has 0 aliphatic carbocycles. The summed E-state index contributed by atoms with van der Waals surface area (Å²) in [5, 5.41) is 0. The third-order valence-corrected chi connectivity index (χ3v) is 5.31. The Morgan fingerprint density at radius 3 is 2.70 bits per heavy atom. The molecule has 4 rings (SSSR count). The smallest absolute Gasteiger partial charge is 0.223 e. The predicted octanol–water partition coefficient (Wildman–Crippen LogP) is 3.76. The van der Waals surface area contributed by atoms with Crippen molar-refractivity contribution in [2.24, 2.45) is 0 Å². The summed E-state index contributed by atoms with van der Waals surface area (Å²) in [6, 6.07) is 16.2. The second kappa shape index (κ2) is 7.43. The lowest BCUT2D eigenvalue weighted by atomic mass is 10.1. The van der Waals surface area contributed by atoms with Crippen LogP contribution in [0.25, 0.3) is 11.0 Å². The molecule has 1 atom stereocenters. The molecule has 1 amide bonds. The van der Waals surface area contributed by atoms with Crippen LogP contribution in [0.1, 0.15) is 30.7 Å². The summed E-state index contributed by atoms with van der Waals surface area (Å²) in [4.78, 5) is 19.0. The predicted molar refractivity (Wildman–Crippen MR) is 106 cm³/mol. The van der Waals surface area contributed by atoms with E-state index in [2.05, 4.69) is 23.6 Å². The third-order valence-electron chi connectivity index (χ3n) is 5.31. The average molecular weight is 363 g/mol. The van der Waals surface area contributed by atoms with Crippen molar-refractivity contribution in [1.82, 2.24) is 14.5 Å². The summed E-state index contributed by atoms with van der Waals surface area (Å²) < 4.78 is 8.24. The topological polar surface area (TPSA) is 47.4 Å². The maximum absolute atomic E-state index is 12.2. The second-order valence-electron chi connectivity index (χ2n) is 7.06. The van der Waals surface area contributed by atoms with Crippen molar-refractivity contribution in [2.75, 3.05) is 19.7 Å². The molecule has 1 saturated heterocycles. The first-order valence-corrected chi connectivity index (χ1v) is 9.58. The molecule has 1 aliphatic heterocycles. The lowest BCUT2D eigenvalue weighted by molar-refractivity contribution is -0.127. The Labute approximate surface area is 159 Å². The van der Waals surface area contributed by atoms with E-state index in [4.69, 9.17) is 9.72 Å². The van der Waals surface area contributed by atoms with E-state index in [1.807, 2.05) is 48.2 Å². The van der Waals surface area contributed by atoms with Crippen molar-refractivity contribution in [3.63, 3.8) is 0 Å². The Morgan fingerprint density at radius 1 is 1.15 bits per heavy atom. The summed E-state index contributed by atoms with van der Waals surface area (Å²) >= 11 is 0. The van der Waals surface area contributed by atoms with Gasteiger partial charge in [0.1, 0.15) is 18.2 Å². The van der Waals surface area contributed by atoms with Gasteiger partial charge in [-0.1, -0.05) is 30.3 Å². The molecule has 27 heavy (non-hydrogen) atoms. The highest BCUT2D eigenvalue weighted by molar-refractivity contribution is 5.80. The van der Waals surface area contributed by atoms with Crippen LogP contribution >= 0.6 is 0 Å². The monoisotopic (exact) mass is 363 g/mol. The molecular weight excluding hydrogens is 338 g/mol. The number of aromatic nitrogens is 2. The van der Waals surface area contributed by atoms with Gasteiger partial charge in [-0.3, -0.25) is 4.79 Å². The number of hydrogen-bond acceptors (Lipinski definition) is 3. The van der Waals surface area contributed by atoms with E-state index < -0.39 is 0 Å². The molecule has 0 bridgehead atoms. The normalized spacial score (nSPS) is 17.0. The van der Waals surface area contributed by atoms with Gasteiger partial charge in [0.2, 0.25) is 5.91 Å². The number of nitrogens with zero attached hydrogens (tertiary/aromatic N) is 3. The van der Waals surface area contributed by atoms with Gasteiger partial charge in [-0.05, 0) is 37.6 Å². The number of amides is 1. The summed E-state index contributed by atoms with van der Waals surface area (Å²) in [5.74, 6) is 2.27. The van der Waals surface area contributed by atoms with Crippen molar-refractivity contribution in [3.05, 3.63) is 59.9 Å². The van der Waals surface area contributed by atoms with Gasteiger partial charge >= 0.3 is 0 Å². The highest BCUT2D eigenvalue weighted by Gasteiger charge is 2.33. The molecule has 1 unspecified atom stereocenters. The summed E-state index contributed by atoms with van der Waals surface area (Å²) in [6.07, 6.45) is 0.538. The fourth-order valence-electron chi connectivity index (χ4n) is 3.86. The minimum Gasteiger partial charge on any atom is -0.491 e. The van der Waals surface area contributed by atoms with E-state index in [1.165, 1.54) is 0 Å². The second-order valence-corrected chi connectivity index (χ2v) is 7.06. The molecule has 1 fully saturated rings. The highest BCUT2D eigenvalue weighted by atomic mass is 16.5. The largest absolute Gasteiger partial charge is 0.491 e. The van der Waals surface area contributed by atoms with Crippen LogP contribution in [0.3, 0.4) is 0 Å². The first kappa shape index (κ1) is 17.6. The number of likely N-dealkylation sites (N-methyl/N-ethyl adjacent to an activating group) is 1. The zero-order chi connectivity index (χ0) is 18.8. The van der Waals surface area contributed by atoms with Gasteiger partial charge in [0.05, 0.1) is 17.6 Å². The number of rotatable bonds is 6. The van der Waals surface area contributed by atoms with Crippen LogP contribution in [0, 0.1) is 6.92 Å². The number of imidazole rings is 1. The first-order valence-electron chi connectivity index (χ1n) is 9.58. The van der Waals surface area contributed by atoms with Crippen LogP contribution in [-0.4, -0.2) is 40.1 Å². The molecule has 1 aliphatic rings. The average Bonchev–Trinajstić information content (AvgIpc) is 3.23. The fraction of sp³-hybridized carbons (Fsp3) is 0.364. The Kier molecular flexibility index (Phi) is 4.84. The number of carbonyl (C=O) groups is 1. The lowest BCUT2D eigenvalue weighted by Crippen LogP contribution is -2.24. The van der Waals surface area contributed by atoms with Crippen LogP contribution in [-0.2, 0) is 11.3 Å². The van der Waals surface area contributed by atoms with Gasteiger partial charge in [0, 0.05) is 25.4 Å². The molecule has 2 aromatic carbocycles. The van der Waals surface area contributed by atoms with Gasteiger partial charge in [-0.2, -0.15) is 0 Å². The molecule has 1 aromatic heterocycles. The fourth-order valence-corrected chi connectivity index (χ4v) is 3.86. The maximum Gasteiger partial charge on any atom is 0.223 e. The summed E-state index contributed by atoms with van der Waals surface area (Å²) in [7, 11) is 0. The zero-order valence-corrected chi connectivity index (χ0v) is 15.9. The van der Waals surface area contributed by atoms with Crippen molar-refractivity contribution in [3.8, 4) is 5.75 Å². The molecule has 0 spiro atoms. The molecule has 5 heteroatoms. The van der Waals surface area contributed by atoms with E-state index in [-0.39, 0.29) is 11.8 Å². The minimum atomic E-state index is 0.142. The van der Waals surface area contributed by atoms with E-state index in [9.17, 15) is 4.79 Å². The standard InChI is InChI=1S/C22H25N3O2/c1-3-24-15-17(14-21(24)26)22-23-18-9-5-6-10-19(18)25(22)12-13-27-20-11-7-4-8-16(20)2/h4-11,17H,3,12-15H2,1-2H3. The Bertz CT molecular complexity index is 963. The number of likely N-dealkylation sites (tertiary alicyclic amines) is 1. The van der Waals surface area contributed by atoms with Crippen molar-refractivity contribution in [1.29, 1.82) is 0 Å². The molecule has 0 saturated carbocycles. The highest BCUT2D eigenvalue weighted by Crippen LogP contribution is 2.30. The van der Waals surface area contributed by atoms with E-state index in [1.54, 1.807) is 0 Å².